The third kappa shape index (κ3) is 7.37. The van der Waals surface area contributed by atoms with Crippen molar-refractivity contribution < 1.29 is 9.53 Å². The highest BCUT2D eigenvalue weighted by Crippen LogP contribution is 2.16. The van der Waals surface area contributed by atoms with Crippen LogP contribution in [0.5, 0.6) is 5.75 Å². The van der Waals surface area contributed by atoms with E-state index in [4.69, 9.17) is 4.74 Å². The third-order valence-corrected chi connectivity index (χ3v) is 4.09. The van der Waals surface area contributed by atoms with Gasteiger partial charge in [-0.05, 0) is 63.9 Å². The van der Waals surface area contributed by atoms with E-state index < -0.39 is 0 Å². The molecule has 4 heteroatoms. The summed E-state index contributed by atoms with van der Waals surface area (Å²) in [6, 6.07) is 15.5. The first-order chi connectivity index (χ1) is 13.0. The van der Waals surface area contributed by atoms with Crippen LogP contribution in [0.4, 0.5) is 0 Å². The van der Waals surface area contributed by atoms with Crippen molar-refractivity contribution in [2.45, 2.75) is 13.0 Å². The standard InChI is InChI=1S/C23H30N2O2/c1-24(2)15-8-16-27-22-12-7-11-20(17-22)23(26)14-13-19-9-5-6-10-21(19)18-25(3)4/h5-7,9-14,17H,8,15-16,18H2,1-4H3/b14-13+. The van der Waals surface area contributed by atoms with Crippen molar-refractivity contribution in [3.05, 3.63) is 71.3 Å². The minimum Gasteiger partial charge on any atom is -0.494 e. The fourth-order valence-electron chi connectivity index (χ4n) is 2.75. The van der Waals surface area contributed by atoms with Crippen molar-refractivity contribution in [1.82, 2.24) is 9.80 Å². The predicted molar refractivity (Wildman–Crippen MR) is 112 cm³/mol. The number of hydrogen-bond donors (Lipinski definition) is 0. The van der Waals surface area contributed by atoms with Crippen LogP contribution in [0.1, 0.15) is 27.9 Å². The summed E-state index contributed by atoms with van der Waals surface area (Å²) in [5.41, 5.74) is 2.90. The first kappa shape index (κ1) is 20.9. The van der Waals surface area contributed by atoms with Crippen LogP contribution >= 0.6 is 0 Å². The van der Waals surface area contributed by atoms with E-state index in [2.05, 4.69) is 15.9 Å². The molecule has 0 spiro atoms. The van der Waals surface area contributed by atoms with Crippen LogP contribution in [-0.2, 0) is 6.54 Å². The molecule has 0 bridgehead atoms. The van der Waals surface area contributed by atoms with Gasteiger partial charge in [0, 0.05) is 18.7 Å². The maximum absolute atomic E-state index is 12.6. The Kier molecular flexibility index (Phi) is 8.24. The van der Waals surface area contributed by atoms with Gasteiger partial charge in [-0.3, -0.25) is 4.79 Å². The molecule has 0 saturated carbocycles. The number of ether oxygens (including phenoxy) is 1. The SMILES string of the molecule is CN(C)CCCOc1cccc(C(=O)/C=C/c2ccccc2CN(C)C)c1. The van der Waals surface area contributed by atoms with Crippen molar-refractivity contribution in [3.63, 3.8) is 0 Å². The molecule has 2 aromatic carbocycles. The van der Waals surface area contributed by atoms with Gasteiger partial charge < -0.3 is 14.5 Å². The lowest BCUT2D eigenvalue weighted by molar-refractivity contribution is 0.104. The molecule has 0 atom stereocenters. The van der Waals surface area contributed by atoms with Crippen molar-refractivity contribution in [2.75, 3.05) is 41.3 Å². The molecule has 2 rings (SSSR count). The first-order valence-electron chi connectivity index (χ1n) is 9.28. The van der Waals surface area contributed by atoms with Gasteiger partial charge in [0.15, 0.2) is 5.78 Å². The van der Waals surface area contributed by atoms with Crippen LogP contribution in [0.3, 0.4) is 0 Å². The van der Waals surface area contributed by atoms with Gasteiger partial charge in [0.1, 0.15) is 5.75 Å². The summed E-state index contributed by atoms with van der Waals surface area (Å²) in [5.74, 6) is 0.717. The number of carbonyl (C=O) groups is 1. The number of ketones is 1. The zero-order valence-corrected chi connectivity index (χ0v) is 16.8. The molecule has 2 aromatic rings. The molecule has 0 aliphatic heterocycles. The number of allylic oxidation sites excluding steroid dienone is 1. The Balaban J connectivity index is 2.02. The van der Waals surface area contributed by atoms with Gasteiger partial charge in [-0.2, -0.15) is 0 Å². The fraction of sp³-hybridized carbons (Fsp3) is 0.348. The van der Waals surface area contributed by atoms with Crippen LogP contribution in [-0.4, -0.2) is 56.9 Å². The second-order valence-corrected chi connectivity index (χ2v) is 7.17. The monoisotopic (exact) mass is 366 g/mol. The molecule has 0 fully saturated rings. The van der Waals surface area contributed by atoms with E-state index in [0.717, 1.165) is 30.8 Å². The second-order valence-electron chi connectivity index (χ2n) is 7.17. The predicted octanol–water partition coefficient (Wildman–Crippen LogP) is 3.97. The highest BCUT2D eigenvalue weighted by atomic mass is 16.5. The summed E-state index contributed by atoms with van der Waals surface area (Å²) >= 11 is 0. The van der Waals surface area contributed by atoms with Crippen molar-refractivity contribution in [2.24, 2.45) is 0 Å². The normalized spacial score (nSPS) is 11.5. The minimum absolute atomic E-state index is 0.0200. The summed E-state index contributed by atoms with van der Waals surface area (Å²) in [6.07, 6.45) is 4.49. The molecule has 4 nitrogen and oxygen atoms in total. The number of hydrogen-bond acceptors (Lipinski definition) is 4. The molecule has 0 heterocycles. The summed E-state index contributed by atoms with van der Waals surface area (Å²) < 4.78 is 5.76. The van der Waals surface area contributed by atoms with Crippen molar-refractivity contribution in [1.29, 1.82) is 0 Å². The molecule has 0 saturated heterocycles. The van der Waals surface area contributed by atoms with Crippen LogP contribution in [0.15, 0.2) is 54.6 Å². The highest BCUT2D eigenvalue weighted by Gasteiger charge is 2.05. The van der Waals surface area contributed by atoms with Gasteiger partial charge in [0.05, 0.1) is 6.61 Å². The average Bonchev–Trinajstić information content (AvgIpc) is 2.64. The maximum atomic E-state index is 12.6. The van der Waals surface area contributed by atoms with E-state index in [9.17, 15) is 4.79 Å². The van der Waals surface area contributed by atoms with E-state index in [-0.39, 0.29) is 5.78 Å². The Morgan fingerprint density at radius 1 is 1.00 bits per heavy atom. The maximum Gasteiger partial charge on any atom is 0.185 e. The fourth-order valence-corrected chi connectivity index (χ4v) is 2.75. The van der Waals surface area contributed by atoms with Gasteiger partial charge in [-0.15, -0.1) is 0 Å². The van der Waals surface area contributed by atoms with Gasteiger partial charge in [-0.1, -0.05) is 42.5 Å². The van der Waals surface area contributed by atoms with Crippen molar-refractivity contribution >= 4 is 11.9 Å². The minimum atomic E-state index is -0.0200. The van der Waals surface area contributed by atoms with Gasteiger partial charge >= 0.3 is 0 Å². The molecule has 0 amide bonds. The zero-order chi connectivity index (χ0) is 19.6. The third-order valence-electron chi connectivity index (χ3n) is 4.09. The molecule has 0 aliphatic rings. The Morgan fingerprint density at radius 3 is 2.52 bits per heavy atom. The van der Waals surface area contributed by atoms with Crippen LogP contribution in [0.2, 0.25) is 0 Å². The Morgan fingerprint density at radius 2 is 1.78 bits per heavy atom. The Hall–Kier alpha value is -2.43. The molecule has 0 aromatic heterocycles. The highest BCUT2D eigenvalue weighted by molar-refractivity contribution is 6.07. The topological polar surface area (TPSA) is 32.8 Å². The molecule has 0 aliphatic carbocycles. The van der Waals surface area contributed by atoms with Gasteiger partial charge in [-0.25, -0.2) is 0 Å². The largest absolute Gasteiger partial charge is 0.494 e. The average molecular weight is 367 g/mol. The van der Waals surface area contributed by atoms with E-state index in [0.29, 0.717) is 12.2 Å². The van der Waals surface area contributed by atoms with Crippen LogP contribution < -0.4 is 4.74 Å². The quantitative estimate of drug-likeness (QED) is 0.362. The molecule has 144 valence electrons. The number of nitrogens with zero attached hydrogens (tertiary/aromatic N) is 2. The summed E-state index contributed by atoms with van der Waals surface area (Å²) in [6.45, 7) is 2.46. The zero-order valence-electron chi connectivity index (χ0n) is 16.8. The van der Waals surface area contributed by atoms with E-state index in [1.54, 1.807) is 6.08 Å². The first-order valence-corrected chi connectivity index (χ1v) is 9.28. The number of benzene rings is 2. The summed E-state index contributed by atoms with van der Waals surface area (Å²) in [5, 5.41) is 0. The smallest absolute Gasteiger partial charge is 0.185 e. The summed E-state index contributed by atoms with van der Waals surface area (Å²) in [7, 11) is 8.16. The van der Waals surface area contributed by atoms with E-state index in [1.165, 1.54) is 5.56 Å². The molecule has 27 heavy (non-hydrogen) atoms. The van der Waals surface area contributed by atoms with Crippen LogP contribution in [0.25, 0.3) is 6.08 Å². The van der Waals surface area contributed by atoms with Crippen molar-refractivity contribution in [3.8, 4) is 5.75 Å². The van der Waals surface area contributed by atoms with E-state index in [1.807, 2.05) is 76.7 Å². The lowest BCUT2D eigenvalue weighted by Crippen LogP contribution is -2.15. The van der Waals surface area contributed by atoms with Gasteiger partial charge in [0.2, 0.25) is 0 Å². The number of carbonyl (C=O) groups excluding carboxylic acids is 1. The van der Waals surface area contributed by atoms with Crippen LogP contribution in [0, 0.1) is 0 Å². The lowest BCUT2D eigenvalue weighted by atomic mass is 10.0. The lowest BCUT2D eigenvalue weighted by Gasteiger charge is -2.12. The molecular weight excluding hydrogens is 336 g/mol. The Bertz CT molecular complexity index is 766. The van der Waals surface area contributed by atoms with Gasteiger partial charge in [0.25, 0.3) is 0 Å². The molecule has 0 N–H and O–H groups in total. The van der Waals surface area contributed by atoms with E-state index >= 15 is 0 Å². The molecule has 0 unspecified atom stereocenters. The second kappa shape index (κ2) is 10.7. The molecule has 0 radical (unpaired) electrons. The Labute approximate surface area is 163 Å². The number of rotatable bonds is 10. The molecular formula is C23H30N2O2. The summed E-state index contributed by atoms with van der Waals surface area (Å²) in [4.78, 5) is 16.8.